The Labute approximate surface area is 86.4 Å². The molecular weight excluding hydrogens is 206 g/mol. The topological polar surface area (TPSA) is 63.4 Å². The van der Waals surface area contributed by atoms with E-state index in [2.05, 4.69) is 5.73 Å². The molecule has 1 saturated heterocycles. The molecule has 2 amide bonds. The first-order valence-corrected chi connectivity index (χ1v) is 4.89. The summed E-state index contributed by atoms with van der Waals surface area (Å²) in [5.41, 5.74) is 4.49. The number of piperidine rings is 1. The van der Waals surface area contributed by atoms with Crippen LogP contribution in [0.5, 0.6) is 0 Å². The molecule has 0 aromatic rings. The van der Waals surface area contributed by atoms with Crippen molar-refractivity contribution in [3.05, 3.63) is 0 Å². The van der Waals surface area contributed by atoms with Gasteiger partial charge in [0.2, 0.25) is 5.91 Å². The van der Waals surface area contributed by atoms with Crippen molar-refractivity contribution in [2.45, 2.75) is 31.6 Å². The summed E-state index contributed by atoms with van der Waals surface area (Å²) in [7, 11) is 0. The SMILES string of the molecule is NC(=O)C(F)(F)CC(=O)N1CCCCC1. The lowest BCUT2D eigenvalue weighted by molar-refractivity contribution is -0.152. The van der Waals surface area contributed by atoms with Crippen LogP contribution in [0.2, 0.25) is 0 Å². The van der Waals surface area contributed by atoms with Gasteiger partial charge >= 0.3 is 5.92 Å². The van der Waals surface area contributed by atoms with Crippen molar-refractivity contribution >= 4 is 11.8 Å². The number of rotatable bonds is 3. The maximum Gasteiger partial charge on any atom is 0.333 e. The molecule has 0 aromatic heterocycles. The number of amides is 2. The normalized spacial score (nSPS) is 17.6. The van der Waals surface area contributed by atoms with Gasteiger partial charge in [0.25, 0.3) is 5.91 Å². The molecule has 0 spiro atoms. The fourth-order valence-corrected chi connectivity index (χ4v) is 1.53. The molecule has 0 radical (unpaired) electrons. The largest absolute Gasteiger partial charge is 0.364 e. The molecule has 0 aliphatic carbocycles. The van der Waals surface area contributed by atoms with Crippen molar-refractivity contribution in [3.8, 4) is 0 Å². The van der Waals surface area contributed by atoms with Crippen LogP contribution in [0.4, 0.5) is 8.78 Å². The van der Waals surface area contributed by atoms with Gasteiger partial charge in [0.1, 0.15) is 6.42 Å². The van der Waals surface area contributed by atoms with E-state index >= 15 is 0 Å². The first-order valence-electron chi connectivity index (χ1n) is 4.89. The fourth-order valence-electron chi connectivity index (χ4n) is 1.53. The zero-order valence-corrected chi connectivity index (χ0v) is 8.34. The molecule has 0 atom stereocenters. The molecule has 1 fully saturated rings. The zero-order valence-electron chi connectivity index (χ0n) is 8.34. The summed E-state index contributed by atoms with van der Waals surface area (Å²) in [6.07, 6.45) is 1.56. The highest BCUT2D eigenvalue weighted by Crippen LogP contribution is 2.20. The van der Waals surface area contributed by atoms with Crippen molar-refractivity contribution in [1.82, 2.24) is 4.90 Å². The number of primary amides is 1. The molecule has 0 bridgehead atoms. The maximum absolute atomic E-state index is 12.8. The average Bonchev–Trinajstić information content (AvgIpc) is 2.18. The minimum atomic E-state index is -3.73. The average molecular weight is 220 g/mol. The third-order valence-electron chi connectivity index (χ3n) is 2.44. The van der Waals surface area contributed by atoms with E-state index in [0.29, 0.717) is 13.1 Å². The lowest BCUT2D eigenvalue weighted by Crippen LogP contribution is -2.43. The second-order valence-electron chi connectivity index (χ2n) is 3.69. The molecule has 0 aromatic carbocycles. The Balaban J connectivity index is 2.50. The van der Waals surface area contributed by atoms with Crippen molar-refractivity contribution in [2.24, 2.45) is 5.73 Å². The summed E-state index contributed by atoms with van der Waals surface area (Å²) in [6.45, 7) is 0.987. The summed E-state index contributed by atoms with van der Waals surface area (Å²) >= 11 is 0. The Kier molecular flexibility index (Phi) is 3.60. The third kappa shape index (κ3) is 3.14. The summed E-state index contributed by atoms with van der Waals surface area (Å²) in [5.74, 6) is -6.17. The van der Waals surface area contributed by atoms with Crippen LogP contribution in [0.1, 0.15) is 25.7 Å². The van der Waals surface area contributed by atoms with Gasteiger partial charge < -0.3 is 10.6 Å². The van der Waals surface area contributed by atoms with Crippen LogP contribution in [0.15, 0.2) is 0 Å². The summed E-state index contributed by atoms with van der Waals surface area (Å²) < 4.78 is 25.7. The number of carbonyl (C=O) groups is 2. The van der Waals surface area contributed by atoms with E-state index in [1.54, 1.807) is 0 Å². The minimum absolute atomic E-state index is 0.494. The lowest BCUT2D eigenvalue weighted by Gasteiger charge is -2.27. The molecule has 1 heterocycles. The highest BCUT2D eigenvalue weighted by molar-refractivity contribution is 5.88. The predicted molar refractivity (Wildman–Crippen MR) is 49.2 cm³/mol. The van der Waals surface area contributed by atoms with Crippen LogP contribution < -0.4 is 5.73 Å². The van der Waals surface area contributed by atoms with Crippen molar-refractivity contribution in [1.29, 1.82) is 0 Å². The van der Waals surface area contributed by atoms with Gasteiger partial charge in [-0.05, 0) is 19.3 Å². The number of halogens is 2. The predicted octanol–water partition coefficient (Wildman–Crippen LogP) is 0.510. The lowest BCUT2D eigenvalue weighted by atomic mass is 10.1. The molecule has 4 nitrogen and oxygen atoms in total. The highest BCUT2D eigenvalue weighted by atomic mass is 19.3. The van der Waals surface area contributed by atoms with Gasteiger partial charge in [-0.2, -0.15) is 8.78 Å². The second kappa shape index (κ2) is 4.55. The second-order valence-corrected chi connectivity index (χ2v) is 3.69. The van der Waals surface area contributed by atoms with Crippen molar-refractivity contribution < 1.29 is 18.4 Å². The Hall–Kier alpha value is -1.20. The molecule has 0 saturated carbocycles. The number of alkyl halides is 2. The number of nitrogens with two attached hydrogens (primary N) is 1. The summed E-state index contributed by atoms with van der Waals surface area (Å²) in [5, 5.41) is 0. The van der Waals surface area contributed by atoms with Crippen LogP contribution in [-0.2, 0) is 9.59 Å². The standard InChI is InChI=1S/C9H14F2N2O2/c10-9(11,8(12)15)6-7(14)13-4-2-1-3-5-13/h1-6H2,(H2,12,15). The first-order chi connectivity index (χ1) is 6.93. The van der Waals surface area contributed by atoms with Crippen molar-refractivity contribution in [2.75, 3.05) is 13.1 Å². The van der Waals surface area contributed by atoms with Crippen LogP contribution in [0.25, 0.3) is 0 Å². The van der Waals surface area contributed by atoms with Crippen molar-refractivity contribution in [3.63, 3.8) is 0 Å². The van der Waals surface area contributed by atoms with E-state index in [1.165, 1.54) is 4.90 Å². The monoisotopic (exact) mass is 220 g/mol. The number of nitrogens with zero attached hydrogens (tertiary/aromatic N) is 1. The van der Waals surface area contributed by atoms with E-state index in [4.69, 9.17) is 0 Å². The van der Waals surface area contributed by atoms with Crippen LogP contribution in [0, 0.1) is 0 Å². The van der Waals surface area contributed by atoms with Crippen LogP contribution in [0.3, 0.4) is 0 Å². The Bertz CT molecular complexity index is 263. The van der Waals surface area contributed by atoms with Crippen LogP contribution in [-0.4, -0.2) is 35.7 Å². The van der Waals surface area contributed by atoms with Gasteiger partial charge in [-0.15, -0.1) is 0 Å². The smallest absolute Gasteiger partial charge is 0.333 e. The molecule has 0 unspecified atom stereocenters. The Morgan fingerprint density at radius 3 is 2.20 bits per heavy atom. The number of likely N-dealkylation sites (tertiary alicyclic amines) is 1. The van der Waals surface area contributed by atoms with E-state index in [1.807, 2.05) is 0 Å². The summed E-state index contributed by atoms with van der Waals surface area (Å²) in [6, 6.07) is 0. The Morgan fingerprint density at radius 1 is 1.20 bits per heavy atom. The van der Waals surface area contributed by atoms with Gasteiger partial charge in [0.05, 0.1) is 0 Å². The van der Waals surface area contributed by atoms with Gasteiger partial charge in [-0.3, -0.25) is 9.59 Å². The molecule has 2 N–H and O–H groups in total. The number of hydrogen-bond acceptors (Lipinski definition) is 2. The molecule has 86 valence electrons. The molecular formula is C9H14F2N2O2. The zero-order chi connectivity index (χ0) is 11.5. The van der Waals surface area contributed by atoms with E-state index in [-0.39, 0.29) is 0 Å². The van der Waals surface area contributed by atoms with E-state index in [0.717, 1.165) is 19.3 Å². The number of carbonyl (C=O) groups excluding carboxylic acids is 2. The molecule has 1 aliphatic rings. The highest BCUT2D eigenvalue weighted by Gasteiger charge is 2.40. The molecule has 15 heavy (non-hydrogen) atoms. The molecule has 1 aliphatic heterocycles. The van der Waals surface area contributed by atoms with Gasteiger partial charge in [0.15, 0.2) is 0 Å². The fraction of sp³-hybridized carbons (Fsp3) is 0.778. The van der Waals surface area contributed by atoms with E-state index < -0.39 is 24.2 Å². The van der Waals surface area contributed by atoms with E-state index in [9.17, 15) is 18.4 Å². The summed E-state index contributed by atoms with van der Waals surface area (Å²) in [4.78, 5) is 23.1. The van der Waals surface area contributed by atoms with Gasteiger partial charge in [-0.1, -0.05) is 0 Å². The molecule has 1 rings (SSSR count). The third-order valence-corrected chi connectivity index (χ3v) is 2.44. The molecule has 6 heteroatoms. The Morgan fingerprint density at radius 2 is 1.73 bits per heavy atom. The number of hydrogen-bond donors (Lipinski definition) is 1. The van der Waals surface area contributed by atoms with Crippen LogP contribution >= 0.6 is 0 Å². The van der Waals surface area contributed by atoms with Gasteiger partial charge in [-0.25, -0.2) is 0 Å². The first kappa shape index (κ1) is 11.9. The quantitative estimate of drug-likeness (QED) is 0.753. The maximum atomic E-state index is 12.8. The van der Waals surface area contributed by atoms with Gasteiger partial charge in [0, 0.05) is 13.1 Å². The minimum Gasteiger partial charge on any atom is -0.364 e.